The Kier molecular flexibility index (Phi) is 5.67. The zero-order valence-electron chi connectivity index (χ0n) is 12.2. The molecule has 0 aromatic heterocycles. The lowest BCUT2D eigenvalue weighted by Crippen LogP contribution is -2.26. The Morgan fingerprint density at radius 3 is 2.71 bits per heavy atom. The van der Waals surface area contributed by atoms with Gasteiger partial charge in [0, 0.05) is 16.7 Å². The van der Waals surface area contributed by atoms with Crippen LogP contribution >= 0.6 is 11.8 Å². The number of aryl methyl sites for hydroxylation is 1. The second-order valence-corrected chi connectivity index (χ2v) is 6.77. The SMILES string of the molecule is Cc1ccc(SC2CCCC2)c(C(=O)NCCC(=O)O)c1. The molecule has 1 amide bonds. The summed E-state index contributed by atoms with van der Waals surface area (Å²) in [7, 11) is 0. The average Bonchev–Trinajstić information content (AvgIpc) is 2.93. The average molecular weight is 307 g/mol. The van der Waals surface area contributed by atoms with Gasteiger partial charge in [-0.05, 0) is 31.9 Å². The number of nitrogens with one attached hydrogen (secondary N) is 1. The summed E-state index contributed by atoms with van der Waals surface area (Å²) in [5.74, 6) is -1.08. The minimum Gasteiger partial charge on any atom is -0.481 e. The number of benzene rings is 1. The first-order valence-electron chi connectivity index (χ1n) is 7.33. The molecule has 1 aromatic carbocycles. The first-order valence-corrected chi connectivity index (χ1v) is 8.21. The van der Waals surface area contributed by atoms with E-state index in [1.807, 2.05) is 25.1 Å². The summed E-state index contributed by atoms with van der Waals surface area (Å²) in [5, 5.41) is 11.9. The number of carboxylic acid groups (broad SMARTS) is 1. The molecular weight excluding hydrogens is 286 g/mol. The van der Waals surface area contributed by atoms with Gasteiger partial charge in [-0.15, -0.1) is 11.8 Å². The molecule has 1 fully saturated rings. The summed E-state index contributed by atoms with van der Waals surface area (Å²) >= 11 is 1.78. The maximum absolute atomic E-state index is 12.3. The fourth-order valence-electron chi connectivity index (χ4n) is 2.49. The van der Waals surface area contributed by atoms with E-state index in [0.29, 0.717) is 10.8 Å². The van der Waals surface area contributed by atoms with Crippen LogP contribution in [0.5, 0.6) is 0 Å². The largest absolute Gasteiger partial charge is 0.481 e. The van der Waals surface area contributed by atoms with Gasteiger partial charge in [-0.1, -0.05) is 24.5 Å². The minimum atomic E-state index is -0.903. The van der Waals surface area contributed by atoms with Gasteiger partial charge in [-0.3, -0.25) is 9.59 Å². The lowest BCUT2D eigenvalue weighted by molar-refractivity contribution is -0.136. The quantitative estimate of drug-likeness (QED) is 0.847. The molecule has 1 aliphatic carbocycles. The van der Waals surface area contributed by atoms with Crippen LogP contribution in [0.2, 0.25) is 0 Å². The molecule has 0 saturated heterocycles. The lowest BCUT2D eigenvalue weighted by Gasteiger charge is -2.14. The molecule has 1 aromatic rings. The third-order valence-corrected chi connectivity index (χ3v) is 5.01. The maximum atomic E-state index is 12.3. The number of carboxylic acids is 1. The van der Waals surface area contributed by atoms with Crippen molar-refractivity contribution >= 4 is 23.6 Å². The van der Waals surface area contributed by atoms with Crippen LogP contribution in [0.4, 0.5) is 0 Å². The molecule has 5 heteroatoms. The Morgan fingerprint density at radius 1 is 1.33 bits per heavy atom. The fourth-order valence-corrected chi connectivity index (χ4v) is 3.84. The summed E-state index contributed by atoms with van der Waals surface area (Å²) in [5.41, 5.74) is 1.70. The molecule has 0 heterocycles. The lowest BCUT2D eigenvalue weighted by atomic mass is 10.1. The highest BCUT2D eigenvalue weighted by atomic mass is 32.2. The molecule has 21 heavy (non-hydrogen) atoms. The third kappa shape index (κ3) is 4.77. The number of carbonyl (C=O) groups excluding carboxylic acids is 1. The summed E-state index contributed by atoms with van der Waals surface area (Å²) in [6.07, 6.45) is 4.90. The van der Waals surface area contributed by atoms with Crippen LogP contribution in [-0.4, -0.2) is 28.8 Å². The van der Waals surface area contributed by atoms with Crippen LogP contribution in [-0.2, 0) is 4.79 Å². The molecule has 1 aliphatic rings. The van der Waals surface area contributed by atoms with Gasteiger partial charge in [0.2, 0.25) is 0 Å². The maximum Gasteiger partial charge on any atom is 0.305 e. The van der Waals surface area contributed by atoms with E-state index in [4.69, 9.17) is 5.11 Å². The summed E-state index contributed by atoms with van der Waals surface area (Å²) in [6.45, 7) is 2.12. The Hall–Kier alpha value is -1.49. The minimum absolute atomic E-state index is 0.0529. The van der Waals surface area contributed by atoms with E-state index in [-0.39, 0.29) is 18.9 Å². The Balaban J connectivity index is 2.06. The van der Waals surface area contributed by atoms with Gasteiger partial charge in [0.05, 0.1) is 12.0 Å². The van der Waals surface area contributed by atoms with E-state index >= 15 is 0 Å². The van der Waals surface area contributed by atoms with E-state index in [2.05, 4.69) is 5.32 Å². The Labute approximate surface area is 129 Å². The highest BCUT2D eigenvalue weighted by Gasteiger charge is 2.20. The number of carbonyl (C=O) groups is 2. The van der Waals surface area contributed by atoms with E-state index < -0.39 is 5.97 Å². The van der Waals surface area contributed by atoms with Crippen molar-refractivity contribution in [1.82, 2.24) is 5.32 Å². The first kappa shape index (κ1) is 15.9. The van der Waals surface area contributed by atoms with Gasteiger partial charge in [0.25, 0.3) is 5.91 Å². The normalized spacial score (nSPS) is 15.1. The fraction of sp³-hybridized carbons (Fsp3) is 0.500. The van der Waals surface area contributed by atoms with Crippen molar-refractivity contribution in [2.24, 2.45) is 0 Å². The number of rotatable bonds is 6. The predicted molar refractivity (Wildman–Crippen MR) is 83.9 cm³/mol. The zero-order chi connectivity index (χ0) is 15.2. The van der Waals surface area contributed by atoms with Crippen LogP contribution in [0.3, 0.4) is 0 Å². The van der Waals surface area contributed by atoms with Crippen molar-refractivity contribution in [2.75, 3.05) is 6.54 Å². The molecule has 2 rings (SSSR count). The molecule has 0 unspecified atom stereocenters. The van der Waals surface area contributed by atoms with Crippen molar-refractivity contribution in [1.29, 1.82) is 0 Å². The van der Waals surface area contributed by atoms with Crippen LogP contribution < -0.4 is 5.32 Å². The molecule has 0 spiro atoms. The molecule has 1 saturated carbocycles. The molecule has 4 nitrogen and oxygen atoms in total. The summed E-state index contributed by atoms with van der Waals surface area (Å²) in [4.78, 5) is 23.8. The van der Waals surface area contributed by atoms with E-state index in [1.54, 1.807) is 11.8 Å². The second kappa shape index (κ2) is 7.50. The van der Waals surface area contributed by atoms with Crippen molar-refractivity contribution < 1.29 is 14.7 Å². The monoisotopic (exact) mass is 307 g/mol. The molecule has 2 N–H and O–H groups in total. The highest BCUT2D eigenvalue weighted by Crippen LogP contribution is 2.36. The topological polar surface area (TPSA) is 66.4 Å². The smallest absolute Gasteiger partial charge is 0.305 e. The first-order chi connectivity index (χ1) is 10.1. The molecule has 0 aliphatic heterocycles. The van der Waals surface area contributed by atoms with E-state index in [1.165, 1.54) is 25.7 Å². The highest BCUT2D eigenvalue weighted by molar-refractivity contribution is 8.00. The van der Waals surface area contributed by atoms with Crippen LogP contribution in [0.1, 0.15) is 48.0 Å². The van der Waals surface area contributed by atoms with Crippen LogP contribution in [0.25, 0.3) is 0 Å². The number of aliphatic carboxylic acids is 1. The number of hydrogen-bond donors (Lipinski definition) is 2. The summed E-state index contributed by atoms with van der Waals surface area (Å²) < 4.78 is 0. The third-order valence-electron chi connectivity index (χ3n) is 3.60. The number of amides is 1. The van der Waals surface area contributed by atoms with Crippen molar-refractivity contribution in [2.45, 2.75) is 49.2 Å². The van der Waals surface area contributed by atoms with Gasteiger partial charge in [0.15, 0.2) is 0 Å². The Morgan fingerprint density at radius 2 is 2.05 bits per heavy atom. The van der Waals surface area contributed by atoms with Gasteiger partial charge >= 0.3 is 5.97 Å². The Bertz CT molecular complexity index is 524. The van der Waals surface area contributed by atoms with Gasteiger partial charge in [-0.2, -0.15) is 0 Å². The number of hydrogen-bond acceptors (Lipinski definition) is 3. The molecular formula is C16H21NO3S. The van der Waals surface area contributed by atoms with Crippen molar-refractivity contribution in [3.05, 3.63) is 29.3 Å². The van der Waals surface area contributed by atoms with Crippen LogP contribution in [0.15, 0.2) is 23.1 Å². The van der Waals surface area contributed by atoms with Crippen molar-refractivity contribution in [3.8, 4) is 0 Å². The van der Waals surface area contributed by atoms with Gasteiger partial charge in [0.1, 0.15) is 0 Å². The second-order valence-electron chi connectivity index (χ2n) is 5.42. The van der Waals surface area contributed by atoms with Gasteiger partial charge in [-0.25, -0.2) is 0 Å². The zero-order valence-corrected chi connectivity index (χ0v) is 13.0. The molecule has 0 atom stereocenters. The molecule has 0 bridgehead atoms. The summed E-state index contributed by atoms with van der Waals surface area (Å²) in [6, 6.07) is 5.91. The molecule has 0 radical (unpaired) electrons. The number of thioether (sulfide) groups is 1. The van der Waals surface area contributed by atoms with Gasteiger partial charge < -0.3 is 10.4 Å². The van der Waals surface area contributed by atoms with Crippen molar-refractivity contribution in [3.63, 3.8) is 0 Å². The van der Waals surface area contributed by atoms with E-state index in [9.17, 15) is 9.59 Å². The predicted octanol–water partition coefficient (Wildman–Crippen LogP) is 3.23. The van der Waals surface area contributed by atoms with E-state index in [0.717, 1.165) is 10.5 Å². The van der Waals surface area contributed by atoms with Crippen LogP contribution in [0, 0.1) is 6.92 Å². The molecule has 114 valence electrons. The standard InChI is InChI=1S/C16H21NO3S/c1-11-6-7-14(21-12-4-2-3-5-12)13(10-11)16(20)17-9-8-15(18)19/h6-7,10,12H,2-5,8-9H2,1H3,(H,17,20)(H,18,19).